The maximum Gasteiger partial charge on any atom is 0.0701 e. The zero-order valence-corrected chi connectivity index (χ0v) is 7.33. The van der Waals surface area contributed by atoms with Gasteiger partial charge >= 0.3 is 0 Å². The molecular weight excluding hydrogens is 160 g/mol. The minimum atomic E-state index is 0.0601. The Morgan fingerprint density at radius 3 is 1.83 bits per heavy atom. The van der Waals surface area contributed by atoms with Crippen LogP contribution < -0.4 is 0 Å². The van der Waals surface area contributed by atoms with Crippen molar-refractivity contribution in [3.8, 4) is 0 Å². The molecule has 0 unspecified atom stereocenters. The van der Waals surface area contributed by atoms with Gasteiger partial charge in [0.2, 0.25) is 0 Å². The molecule has 0 amide bonds. The Balaban J connectivity index is 2.73. The van der Waals surface area contributed by atoms with E-state index in [4.69, 9.17) is 19.3 Å². The highest BCUT2D eigenvalue weighted by Gasteiger charge is 1.88. The van der Waals surface area contributed by atoms with Gasteiger partial charge in [-0.15, -0.1) is 0 Å². The van der Waals surface area contributed by atoms with E-state index in [9.17, 15) is 0 Å². The molecule has 0 aromatic carbocycles. The van der Waals surface area contributed by atoms with Gasteiger partial charge in [-0.2, -0.15) is 0 Å². The van der Waals surface area contributed by atoms with E-state index >= 15 is 0 Å². The van der Waals surface area contributed by atoms with Gasteiger partial charge in [-0.1, -0.05) is 0 Å². The van der Waals surface area contributed by atoms with Gasteiger partial charge in [0, 0.05) is 6.61 Å². The average molecular weight is 177 g/mol. The monoisotopic (exact) mass is 177 g/mol. The Morgan fingerprint density at radius 2 is 1.33 bits per heavy atom. The molecule has 0 saturated heterocycles. The molecule has 12 heavy (non-hydrogen) atoms. The van der Waals surface area contributed by atoms with Crippen LogP contribution in [-0.4, -0.2) is 51.4 Å². The van der Waals surface area contributed by atoms with Crippen LogP contribution in [0.5, 0.6) is 0 Å². The van der Waals surface area contributed by atoms with Crippen LogP contribution >= 0.6 is 0 Å². The van der Waals surface area contributed by atoms with E-state index in [1.807, 2.05) is 0 Å². The lowest BCUT2D eigenvalue weighted by molar-refractivity contribution is 0.0115. The fourth-order valence-corrected chi connectivity index (χ4v) is 0.606. The first kappa shape index (κ1) is 11.8. The number of hydrogen-bond donors (Lipinski definition) is 1. The molecule has 0 fully saturated rings. The van der Waals surface area contributed by atoms with Gasteiger partial charge in [-0.25, -0.2) is 0 Å². The van der Waals surface area contributed by atoms with Crippen LogP contribution in [0.3, 0.4) is 0 Å². The highest BCUT2D eigenvalue weighted by Crippen LogP contribution is 1.79. The second-order valence-corrected chi connectivity index (χ2v) is 2.06. The molecule has 4 nitrogen and oxygen atoms in total. The molecule has 0 aromatic heterocycles. The van der Waals surface area contributed by atoms with Crippen LogP contribution in [-0.2, 0) is 14.2 Å². The predicted molar refractivity (Wildman–Crippen MR) is 44.9 cm³/mol. The van der Waals surface area contributed by atoms with Crippen LogP contribution in [0.1, 0.15) is 0 Å². The molecule has 0 rings (SSSR count). The van der Waals surface area contributed by atoms with E-state index in [2.05, 4.69) is 6.92 Å². The van der Waals surface area contributed by atoms with E-state index < -0.39 is 0 Å². The van der Waals surface area contributed by atoms with Crippen LogP contribution in [0.2, 0.25) is 0 Å². The average Bonchev–Trinajstić information content (AvgIpc) is 2.10. The zero-order valence-electron chi connectivity index (χ0n) is 7.33. The number of aliphatic hydroxyl groups excluding tert-OH is 1. The highest BCUT2D eigenvalue weighted by molar-refractivity contribution is 4.34. The number of ether oxygens (including phenoxy) is 3. The van der Waals surface area contributed by atoms with Crippen molar-refractivity contribution >= 4 is 0 Å². The molecular formula is C8H17O4. The first-order chi connectivity index (χ1) is 5.91. The van der Waals surface area contributed by atoms with Crippen molar-refractivity contribution in [2.75, 3.05) is 46.2 Å². The maximum absolute atomic E-state index is 8.35. The Hall–Kier alpha value is -0.160. The standard InChI is InChI=1S/C8H17O4/c1-2-10-5-6-12-8-7-11-4-3-9/h9H,1-8H2. The molecule has 0 aromatic rings. The summed E-state index contributed by atoms with van der Waals surface area (Å²) in [4.78, 5) is 0. The summed E-state index contributed by atoms with van der Waals surface area (Å²) in [7, 11) is 0. The third kappa shape index (κ3) is 9.84. The zero-order chi connectivity index (χ0) is 9.07. The lowest BCUT2D eigenvalue weighted by atomic mass is 10.7. The molecule has 4 heteroatoms. The van der Waals surface area contributed by atoms with Crippen LogP contribution in [0, 0.1) is 6.92 Å². The molecule has 73 valence electrons. The van der Waals surface area contributed by atoms with Crippen molar-refractivity contribution in [3.63, 3.8) is 0 Å². The molecule has 0 bridgehead atoms. The fourth-order valence-electron chi connectivity index (χ4n) is 0.606. The third-order valence-electron chi connectivity index (χ3n) is 1.12. The Kier molecular flexibility index (Phi) is 10.7. The van der Waals surface area contributed by atoms with E-state index in [0.29, 0.717) is 39.6 Å². The first-order valence-corrected chi connectivity index (χ1v) is 4.05. The predicted octanol–water partition coefficient (Wildman–Crippen LogP) is -0.137. The van der Waals surface area contributed by atoms with Gasteiger partial charge in [-0.3, -0.25) is 0 Å². The lowest BCUT2D eigenvalue weighted by Gasteiger charge is -2.04. The second kappa shape index (κ2) is 10.8. The summed E-state index contributed by atoms with van der Waals surface area (Å²) in [5.74, 6) is 0. The second-order valence-electron chi connectivity index (χ2n) is 2.06. The van der Waals surface area contributed by atoms with E-state index in [1.165, 1.54) is 0 Å². The lowest BCUT2D eigenvalue weighted by Crippen LogP contribution is -2.10. The van der Waals surface area contributed by atoms with E-state index in [0.717, 1.165) is 0 Å². The summed E-state index contributed by atoms with van der Waals surface area (Å²) in [6.45, 7) is 6.63. The topological polar surface area (TPSA) is 47.9 Å². The summed E-state index contributed by atoms with van der Waals surface area (Å²) in [6.07, 6.45) is 0. The molecule has 0 aliphatic carbocycles. The first-order valence-electron chi connectivity index (χ1n) is 4.05. The van der Waals surface area contributed by atoms with E-state index in [1.54, 1.807) is 0 Å². The summed E-state index contributed by atoms with van der Waals surface area (Å²) >= 11 is 0. The Morgan fingerprint density at radius 1 is 0.833 bits per heavy atom. The molecule has 1 N–H and O–H groups in total. The van der Waals surface area contributed by atoms with Crippen molar-refractivity contribution in [3.05, 3.63) is 6.92 Å². The van der Waals surface area contributed by atoms with Gasteiger partial charge in [0.05, 0.1) is 39.6 Å². The minimum Gasteiger partial charge on any atom is -0.394 e. The maximum atomic E-state index is 8.35. The quantitative estimate of drug-likeness (QED) is 0.498. The van der Waals surface area contributed by atoms with Crippen LogP contribution in [0.15, 0.2) is 0 Å². The molecule has 0 atom stereocenters. The van der Waals surface area contributed by atoms with Crippen molar-refractivity contribution < 1.29 is 19.3 Å². The molecule has 0 saturated carbocycles. The smallest absolute Gasteiger partial charge is 0.0701 e. The molecule has 0 aliphatic heterocycles. The van der Waals surface area contributed by atoms with Crippen molar-refractivity contribution in [2.24, 2.45) is 0 Å². The van der Waals surface area contributed by atoms with Gasteiger partial charge in [0.15, 0.2) is 0 Å². The highest BCUT2D eigenvalue weighted by atomic mass is 16.5. The van der Waals surface area contributed by atoms with Crippen molar-refractivity contribution in [2.45, 2.75) is 0 Å². The van der Waals surface area contributed by atoms with Crippen LogP contribution in [0.25, 0.3) is 0 Å². The van der Waals surface area contributed by atoms with E-state index in [-0.39, 0.29) is 6.61 Å². The fraction of sp³-hybridized carbons (Fsp3) is 0.875. The largest absolute Gasteiger partial charge is 0.394 e. The van der Waals surface area contributed by atoms with Gasteiger partial charge in [0.25, 0.3) is 0 Å². The number of rotatable bonds is 9. The summed E-state index contributed by atoms with van der Waals surface area (Å²) < 4.78 is 15.0. The molecule has 1 radical (unpaired) electrons. The van der Waals surface area contributed by atoms with Crippen LogP contribution in [0.4, 0.5) is 0 Å². The van der Waals surface area contributed by atoms with Gasteiger partial charge < -0.3 is 19.3 Å². The molecule has 0 heterocycles. The normalized spacial score (nSPS) is 10.5. The molecule has 0 aliphatic rings. The third-order valence-corrected chi connectivity index (χ3v) is 1.12. The number of aliphatic hydroxyl groups is 1. The minimum absolute atomic E-state index is 0.0601. The molecule has 0 spiro atoms. The van der Waals surface area contributed by atoms with Crippen molar-refractivity contribution in [1.29, 1.82) is 0 Å². The van der Waals surface area contributed by atoms with Gasteiger partial charge in [-0.05, 0) is 6.92 Å². The van der Waals surface area contributed by atoms with Crippen molar-refractivity contribution in [1.82, 2.24) is 0 Å². The summed E-state index contributed by atoms with van der Waals surface area (Å²) in [6, 6.07) is 0. The SMILES string of the molecule is [CH2]COCCOCCOCCO. The summed E-state index contributed by atoms with van der Waals surface area (Å²) in [5.41, 5.74) is 0. The van der Waals surface area contributed by atoms with Gasteiger partial charge in [0.1, 0.15) is 0 Å². The summed E-state index contributed by atoms with van der Waals surface area (Å²) in [5, 5.41) is 8.35. The Labute approximate surface area is 73.4 Å². The number of hydrogen-bond acceptors (Lipinski definition) is 4. The Bertz CT molecular complexity index is 67.5.